The Balaban J connectivity index is 1.72. The van der Waals surface area contributed by atoms with Gasteiger partial charge < -0.3 is 10.2 Å². The smallest absolute Gasteiger partial charge is 0.255 e. The molecule has 1 atom stereocenters. The van der Waals surface area contributed by atoms with Gasteiger partial charge in [0.1, 0.15) is 0 Å². The molecule has 0 fully saturated rings. The summed E-state index contributed by atoms with van der Waals surface area (Å²) in [6.07, 6.45) is 1.73. The number of benzene rings is 2. The summed E-state index contributed by atoms with van der Waals surface area (Å²) >= 11 is 0. The van der Waals surface area contributed by atoms with Gasteiger partial charge in [-0.05, 0) is 68.7 Å². The summed E-state index contributed by atoms with van der Waals surface area (Å²) in [5, 5.41) is 2.90. The van der Waals surface area contributed by atoms with Crippen LogP contribution in [0.4, 0.5) is 11.4 Å². The molecule has 28 heavy (non-hydrogen) atoms. The predicted octanol–water partition coefficient (Wildman–Crippen LogP) is 3.40. The molecule has 150 valence electrons. The summed E-state index contributed by atoms with van der Waals surface area (Å²) in [6.45, 7) is 7.79. The quantitative estimate of drug-likeness (QED) is 0.745. The van der Waals surface area contributed by atoms with Crippen LogP contribution in [0, 0.1) is 0 Å². The van der Waals surface area contributed by atoms with E-state index in [9.17, 15) is 13.2 Å². The number of nitrogens with one attached hydrogen (secondary N) is 2. The van der Waals surface area contributed by atoms with Crippen LogP contribution < -0.4 is 14.9 Å². The SMILES string of the molecule is CCC(C)NS(=O)(=O)c1ccc(C(=O)Nc2ccc3c(c2)N(CC)CC3)cc1. The van der Waals surface area contributed by atoms with Gasteiger partial charge in [0, 0.05) is 36.1 Å². The number of fused-ring (bicyclic) bond motifs is 1. The van der Waals surface area contributed by atoms with Crippen LogP contribution in [0.3, 0.4) is 0 Å². The van der Waals surface area contributed by atoms with Gasteiger partial charge in [0.25, 0.3) is 5.91 Å². The normalized spacial score (nSPS) is 14.6. The predicted molar refractivity (Wildman–Crippen MR) is 113 cm³/mol. The van der Waals surface area contributed by atoms with Crippen LogP contribution in [0.15, 0.2) is 47.4 Å². The molecule has 2 N–H and O–H groups in total. The molecule has 0 aliphatic carbocycles. The molecule has 7 heteroatoms. The average Bonchev–Trinajstić information content (AvgIpc) is 3.10. The molecule has 0 spiro atoms. The Hall–Kier alpha value is -2.38. The lowest BCUT2D eigenvalue weighted by atomic mass is 10.1. The number of carbonyl (C=O) groups is 1. The monoisotopic (exact) mass is 401 g/mol. The summed E-state index contributed by atoms with van der Waals surface area (Å²) in [5.41, 5.74) is 3.61. The summed E-state index contributed by atoms with van der Waals surface area (Å²) in [4.78, 5) is 15.0. The topological polar surface area (TPSA) is 78.5 Å². The van der Waals surface area contributed by atoms with Crippen molar-refractivity contribution in [3.63, 3.8) is 0 Å². The standard InChI is InChI=1S/C21H27N3O3S/c1-4-15(3)23-28(26,27)19-10-7-17(8-11-19)21(25)22-18-9-6-16-12-13-24(5-2)20(16)14-18/h6-11,14-15,23H,4-5,12-13H2,1-3H3,(H,22,25). The summed E-state index contributed by atoms with van der Waals surface area (Å²) < 4.78 is 27.3. The molecule has 6 nitrogen and oxygen atoms in total. The molecule has 0 radical (unpaired) electrons. The van der Waals surface area contributed by atoms with Crippen molar-refractivity contribution in [1.82, 2.24) is 4.72 Å². The third-order valence-corrected chi connectivity index (χ3v) is 6.72. The molecule has 0 saturated carbocycles. The fourth-order valence-corrected chi connectivity index (χ4v) is 4.58. The lowest BCUT2D eigenvalue weighted by Crippen LogP contribution is -2.32. The van der Waals surface area contributed by atoms with Crippen LogP contribution in [-0.4, -0.2) is 33.5 Å². The molecule has 2 aromatic rings. The first-order valence-corrected chi connectivity index (χ1v) is 11.1. The maximum absolute atomic E-state index is 12.6. The van der Waals surface area contributed by atoms with Crippen molar-refractivity contribution in [2.75, 3.05) is 23.3 Å². The van der Waals surface area contributed by atoms with E-state index in [2.05, 4.69) is 27.9 Å². The highest BCUT2D eigenvalue weighted by Gasteiger charge is 2.19. The van der Waals surface area contributed by atoms with Crippen LogP contribution in [0.1, 0.15) is 43.1 Å². The Bertz CT molecular complexity index is 955. The first kappa shape index (κ1) is 20.4. The minimum atomic E-state index is -3.58. The molecule has 1 amide bonds. The van der Waals surface area contributed by atoms with Crippen molar-refractivity contribution in [1.29, 1.82) is 0 Å². The highest BCUT2D eigenvalue weighted by Crippen LogP contribution is 2.30. The lowest BCUT2D eigenvalue weighted by molar-refractivity contribution is 0.102. The van der Waals surface area contributed by atoms with E-state index in [0.717, 1.165) is 30.9 Å². The largest absolute Gasteiger partial charge is 0.371 e. The zero-order chi connectivity index (χ0) is 20.3. The van der Waals surface area contributed by atoms with E-state index >= 15 is 0 Å². The number of amides is 1. The number of hydrogen-bond acceptors (Lipinski definition) is 4. The molecule has 1 aliphatic rings. The molecule has 1 unspecified atom stereocenters. The summed E-state index contributed by atoms with van der Waals surface area (Å²) in [7, 11) is -3.58. The Labute approximate surface area is 167 Å². The van der Waals surface area contributed by atoms with Gasteiger partial charge in [-0.3, -0.25) is 4.79 Å². The van der Waals surface area contributed by atoms with Gasteiger partial charge in [-0.25, -0.2) is 13.1 Å². The maximum atomic E-state index is 12.6. The van der Waals surface area contributed by atoms with E-state index in [1.165, 1.54) is 29.8 Å². The van der Waals surface area contributed by atoms with Crippen LogP contribution in [-0.2, 0) is 16.4 Å². The van der Waals surface area contributed by atoms with Crippen molar-refractivity contribution >= 4 is 27.3 Å². The molecule has 1 aliphatic heterocycles. The highest BCUT2D eigenvalue weighted by atomic mass is 32.2. The fourth-order valence-electron chi connectivity index (χ4n) is 3.26. The Morgan fingerprint density at radius 1 is 1.14 bits per heavy atom. The molecule has 2 aromatic carbocycles. The highest BCUT2D eigenvalue weighted by molar-refractivity contribution is 7.89. The fraction of sp³-hybridized carbons (Fsp3) is 0.381. The molecule has 0 bridgehead atoms. The second-order valence-corrected chi connectivity index (χ2v) is 8.80. The second-order valence-electron chi connectivity index (χ2n) is 7.08. The van der Waals surface area contributed by atoms with E-state index in [-0.39, 0.29) is 16.8 Å². The van der Waals surface area contributed by atoms with Crippen molar-refractivity contribution in [3.05, 3.63) is 53.6 Å². The van der Waals surface area contributed by atoms with Gasteiger partial charge in [-0.2, -0.15) is 0 Å². The van der Waals surface area contributed by atoms with E-state index < -0.39 is 10.0 Å². The molecule has 0 saturated heterocycles. The lowest BCUT2D eigenvalue weighted by Gasteiger charge is -2.17. The van der Waals surface area contributed by atoms with E-state index in [4.69, 9.17) is 0 Å². The number of rotatable bonds is 7. The number of sulfonamides is 1. The molecule has 0 aromatic heterocycles. The van der Waals surface area contributed by atoms with Gasteiger partial charge in [0.2, 0.25) is 10.0 Å². The van der Waals surface area contributed by atoms with Crippen LogP contribution in [0.2, 0.25) is 0 Å². The Morgan fingerprint density at radius 2 is 1.86 bits per heavy atom. The number of likely N-dealkylation sites (N-methyl/N-ethyl adjacent to an activating group) is 1. The van der Waals surface area contributed by atoms with Gasteiger partial charge in [-0.1, -0.05) is 13.0 Å². The van der Waals surface area contributed by atoms with Gasteiger partial charge >= 0.3 is 0 Å². The van der Waals surface area contributed by atoms with E-state index in [0.29, 0.717) is 12.0 Å². The zero-order valence-electron chi connectivity index (χ0n) is 16.5. The molecule has 3 rings (SSSR count). The molecule has 1 heterocycles. The van der Waals surface area contributed by atoms with Crippen LogP contribution in [0.25, 0.3) is 0 Å². The van der Waals surface area contributed by atoms with Gasteiger partial charge in [0.05, 0.1) is 4.90 Å². The van der Waals surface area contributed by atoms with E-state index in [1.807, 2.05) is 26.0 Å². The molecular weight excluding hydrogens is 374 g/mol. The first-order chi connectivity index (χ1) is 13.3. The van der Waals surface area contributed by atoms with Gasteiger partial charge in [0.15, 0.2) is 0 Å². The summed E-state index contributed by atoms with van der Waals surface area (Å²) in [6, 6.07) is 11.8. The van der Waals surface area contributed by atoms with Crippen LogP contribution in [0.5, 0.6) is 0 Å². The van der Waals surface area contributed by atoms with E-state index in [1.54, 1.807) is 0 Å². The number of hydrogen-bond donors (Lipinski definition) is 2. The average molecular weight is 402 g/mol. The first-order valence-electron chi connectivity index (χ1n) is 9.65. The second kappa shape index (κ2) is 8.32. The Kier molecular flexibility index (Phi) is 6.05. The minimum Gasteiger partial charge on any atom is -0.371 e. The summed E-state index contributed by atoms with van der Waals surface area (Å²) in [5.74, 6) is -0.264. The van der Waals surface area contributed by atoms with Crippen molar-refractivity contribution in [2.45, 2.75) is 44.6 Å². The zero-order valence-corrected chi connectivity index (χ0v) is 17.3. The van der Waals surface area contributed by atoms with Crippen molar-refractivity contribution in [2.24, 2.45) is 0 Å². The number of anilines is 2. The Morgan fingerprint density at radius 3 is 2.50 bits per heavy atom. The van der Waals surface area contributed by atoms with Crippen molar-refractivity contribution < 1.29 is 13.2 Å². The van der Waals surface area contributed by atoms with Gasteiger partial charge in [-0.15, -0.1) is 0 Å². The third kappa shape index (κ3) is 4.36. The third-order valence-electron chi connectivity index (χ3n) is 5.11. The van der Waals surface area contributed by atoms with Crippen molar-refractivity contribution in [3.8, 4) is 0 Å². The number of nitrogens with zero attached hydrogens (tertiary/aromatic N) is 1. The van der Waals surface area contributed by atoms with Crippen LogP contribution >= 0.6 is 0 Å². The maximum Gasteiger partial charge on any atom is 0.255 e. The number of carbonyl (C=O) groups excluding carboxylic acids is 1. The minimum absolute atomic E-state index is 0.143. The molecular formula is C21H27N3O3S.